The van der Waals surface area contributed by atoms with Gasteiger partial charge in [0.1, 0.15) is 0 Å². The van der Waals surface area contributed by atoms with Crippen LogP contribution < -0.4 is 0 Å². The first-order chi connectivity index (χ1) is 4.16. The molecule has 9 heavy (non-hydrogen) atoms. The molecule has 0 atom stereocenters. The molecule has 0 spiro atoms. The molecule has 52 valence electrons. The van der Waals surface area contributed by atoms with Crippen LogP contribution in [-0.4, -0.2) is 15.7 Å². The van der Waals surface area contributed by atoms with Crippen LogP contribution in [0.15, 0.2) is 11.3 Å². The zero-order valence-corrected chi connectivity index (χ0v) is 7.52. The predicted octanol–water partition coefficient (Wildman–Crippen LogP) is 0.557. The SMILES string of the molecule is CC=C(C)[SiH2]OC(C)=O. The molecule has 0 N–H and O–H groups in total. The molecule has 0 heterocycles. The zero-order chi connectivity index (χ0) is 7.28. The monoisotopic (exact) mass is 144 g/mol. The highest BCUT2D eigenvalue weighted by atomic mass is 28.2. The summed E-state index contributed by atoms with van der Waals surface area (Å²) in [7, 11) is -0.700. The van der Waals surface area contributed by atoms with Gasteiger partial charge in [-0.3, -0.25) is 4.79 Å². The summed E-state index contributed by atoms with van der Waals surface area (Å²) in [5, 5.41) is 1.21. The fourth-order valence-corrected chi connectivity index (χ4v) is 0.896. The van der Waals surface area contributed by atoms with Gasteiger partial charge >= 0.3 is 0 Å². The predicted molar refractivity (Wildman–Crippen MR) is 39.7 cm³/mol. The van der Waals surface area contributed by atoms with Gasteiger partial charge in [0.25, 0.3) is 15.7 Å². The first kappa shape index (κ1) is 8.43. The highest BCUT2D eigenvalue weighted by Crippen LogP contribution is 1.88. The molecule has 0 aliphatic heterocycles. The van der Waals surface area contributed by atoms with Crippen LogP contribution in [0.4, 0.5) is 0 Å². The standard InChI is InChI=1S/C6H12O2Si/c1-4-5(2)9-8-6(3)7/h4H,9H2,1-3H3. The summed E-state index contributed by atoms with van der Waals surface area (Å²) in [4.78, 5) is 10.2. The molecule has 0 saturated carbocycles. The smallest absolute Gasteiger partial charge is 0.289 e. The van der Waals surface area contributed by atoms with Crippen molar-refractivity contribution in [1.29, 1.82) is 0 Å². The lowest BCUT2D eigenvalue weighted by molar-refractivity contribution is -0.131. The van der Waals surface area contributed by atoms with E-state index in [1.165, 1.54) is 12.1 Å². The molecule has 0 aliphatic carbocycles. The molecular formula is C6H12O2Si. The number of hydrogen-bond acceptors (Lipinski definition) is 2. The summed E-state index contributed by atoms with van der Waals surface area (Å²) < 4.78 is 4.83. The Morgan fingerprint density at radius 2 is 2.11 bits per heavy atom. The van der Waals surface area contributed by atoms with E-state index in [1.807, 2.05) is 19.9 Å². The van der Waals surface area contributed by atoms with Gasteiger partial charge in [-0.05, 0) is 13.8 Å². The van der Waals surface area contributed by atoms with Crippen LogP contribution in [-0.2, 0) is 9.22 Å². The van der Waals surface area contributed by atoms with E-state index in [0.717, 1.165) is 0 Å². The molecule has 0 aromatic carbocycles. The summed E-state index contributed by atoms with van der Waals surface area (Å²) in [5.74, 6) is -0.164. The summed E-state index contributed by atoms with van der Waals surface area (Å²) >= 11 is 0. The fourth-order valence-electron chi connectivity index (χ4n) is 0.299. The van der Waals surface area contributed by atoms with E-state index in [0.29, 0.717) is 0 Å². The van der Waals surface area contributed by atoms with Crippen LogP contribution >= 0.6 is 0 Å². The fraction of sp³-hybridized carbons (Fsp3) is 0.500. The second kappa shape index (κ2) is 4.32. The van der Waals surface area contributed by atoms with Crippen molar-refractivity contribution in [1.82, 2.24) is 0 Å². The van der Waals surface area contributed by atoms with Gasteiger partial charge in [0, 0.05) is 6.92 Å². The minimum Gasteiger partial charge on any atom is -0.521 e. The van der Waals surface area contributed by atoms with E-state index in [2.05, 4.69) is 0 Å². The van der Waals surface area contributed by atoms with E-state index in [1.54, 1.807) is 0 Å². The minimum atomic E-state index is -0.700. The topological polar surface area (TPSA) is 26.3 Å². The molecule has 2 nitrogen and oxygen atoms in total. The Morgan fingerprint density at radius 3 is 2.44 bits per heavy atom. The van der Waals surface area contributed by atoms with E-state index in [-0.39, 0.29) is 5.97 Å². The van der Waals surface area contributed by atoms with Crippen molar-refractivity contribution in [2.45, 2.75) is 20.8 Å². The number of rotatable bonds is 2. The van der Waals surface area contributed by atoms with Gasteiger partial charge in [-0.2, -0.15) is 0 Å². The summed E-state index contributed by atoms with van der Waals surface area (Å²) in [6, 6.07) is 0. The van der Waals surface area contributed by atoms with Crippen LogP contribution in [0, 0.1) is 0 Å². The molecule has 0 fully saturated rings. The molecule has 0 amide bonds. The van der Waals surface area contributed by atoms with Gasteiger partial charge in [-0.15, -0.1) is 0 Å². The number of carbonyl (C=O) groups is 1. The normalized spacial score (nSPS) is 12.6. The van der Waals surface area contributed by atoms with Crippen molar-refractivity contribution in [3.63, 3.8) is 0 Å². The third kappa shape index (κ3) is 5.30. The second-order valence-electron chi connectivity index (χ2n) is 1.92. The Balaban J connectivity index is 3.39. The van der Waals surface area contributed by atoms with E-state index in [4.69, 9.17) is 4.43 Å². The van der Waals surface area contributed by atoms with Crippen LogP contribution in [0.2, 0.25) is 0 Å². The molecule has 0 rings (SSSR count). The van der Waals surface area contributed by atoms with Crippen molar-refractivity contribution in [3.05, 3.63) is 11.3 Å². The molecule has 3 heteroatoms. The lowest BCUT2D eigenvalue weighted by Gasteiger charge is -1.98. The van der Waals surface area contributed by atoms with Gasteiger partial charge in [0.15, 0.2) is 0 Å². The lowest BCUT2D eigenvalue weighted by Crippen LogP contribution is -2.04. The van der Waals surface area contributed by atoms with E-state index < -0.39 is 9.76 Å². The van der Waals surface area contributed by atoms with Gasteiger partial charge in [0.05, 0.1) is 0 Å². The number of carbonyl (C=O) groups excluding carboxylic acids is 1. The quantitative estimate of drug-likeness (QED) is 0.529. The first-order valence-corrected chi connectivity index (χ1v) is 4.20. The van der Waals surface area contributed by atoms with Crippen LogP contribution in [0.3, 0.4) is 0 Å². The average molecular weight is 144 g/mol. The van der Waals surface area contributed by atoms with Crippen LogP contribution in [0.1, 0.15) is 20.8 Å². The molecular weight excluding hydrogens is 132 g/mol. The Labute approximate surface area is 57.8 Å². The molecule has 0 aromatic heterocycles. The zero-order valence-electron chi connectivity index (χ0n) is 6.10. The van der Waals surface area contributed by atoms with Crippen molar-refractivity contribution >= 4 is 15.7 Å². The Morgan fingerprint density at radius 1 is 1.56 bits per heavy atom. The number of hydrogen-bond donors (Lipinski definition) is 0. The molecule has 0 aromatic rings. The lowest BCUT2D eigenvalue weighted by atomic mass is 10.6. The van der Waals surface area contributed by atoms with E-state index in [9.17, 15) is 4.79 Å². The molecule has 0 unspecified atom stereocenters. The van der Waals surface area contributed by atoms with Gasteiger partial charge in [0.2, 0.25) is 0 Å². The van der Waals surface area contributed by atoms with Crippen molar-refractivity contribution in [3.8, 4) is 0 Å². The van der Waals surface area contributed by atoms with Crippen LogP contribution in [0.5, 0.6) is 0 Å². The van der Waals surface area contributed by atoms with Gasteiger partial charge in [-0.25, -0.2) is 0 Å². The third-order valence-electron chi connectivity index (χ3n) is 0.996. The summed E-state index contributed by atoms with van der Waals surface area (Å²) in [5.41, 5.74) is 0. The molecule has 0 saturated heterocycles. The maximum absolute atomic E-state index is 10.2. The maximum atomic E-state index is 10.2. The maximum Gasteiger partial charge on any atom is 0.289 e. The molecule has 0 radical (unpaired) electrons. The summed E-state index contributed by atoms with van der Waals surface area (Å²) in [6.45, 7) is 5.37. The Hall–Kier alpha value is -0.573. The second-order valence-corrected chi connectivity index (χ2v) is 3.61. The highest BCUT2D eigenvalue weighted by Gasteiger charge is 1.92. The van der Waals surface area contributed by atoms with Crippen molar-refractivity contribution in [2.24, 2.45) is 0 Å². The average Bonchev–Trinajstić information content (AvgIpc) is 1.83. The third-order valence-corrected chi connectivity index (χ3v) is 2.41. The van der Waals surface area contributed by atoms with Gasteiger partial charge in [-0.1, -0.05) is 11.3 Å². The van der Waals surface area contributed by atoms with Crippen molar-refractivity contribution in [2.75, 3.05) is 0 Å². The molecule has 0 aliphatic rings. The first-order valence-electron chi connectivity index (χ1n) is 2.92. The minimum absolute atomic E-state index is 0.164. The highest BCUT2D eigenvalue weighted by molar-refractivity contribution is 6.40. The Bertz CT molecular complexity index is 129. The number of allylic oxidation sites excluding steroid dienone is 2. The Kier molecular flexibility index (Phi) is 4.04. The summed E-state index contributed by atoms with van der Waals surface area (Å²) in [6.07, 6.45) is 1.98. The largest absolute Gasteiger partial charge is 0.521 e. The van der Waals surface area contributed by atoms with Crippen molar-refractivity contribution < 1.29 is 9.22 Å². The van der Waals surface area contributed by atoms with Crippen LogP contribution in [0.25, 0.3) is 0 Å². The van der Waals surface area contributed by atoms with E-state index >= 15 is 0 Å². The molecule has 0 bridgehead atoms. The van der Waals surface area contributed by atoms with Gasteiger partial charge < -0.3 is 4.43 Å².